The predicted molar refractivity (Wildman–Crippen MR) is 178 cm³/mol. The molecule has 49 heavy (non-hydrogen) atoms. The Bertz CT molecular complexity index is 1660. The van der Waals surface area contributed by atoms with Gasteiger partial charge in [-0.3, -0.25) is 20.3 Å². The van der Waals surface area contributed by atoms with Gasteiger partial charge in [-0.1, -0.05) is 92.7 Å². The number of pyridine rings is 1. The number of hydrogen-bond donors (Lipinski definition) is 4. The van der Waals surface area contributed by atoms with Crippen LogP contribution in [0.1, 0.15) is 36.2 Å². The number of alkyl carbamates (subject to hydrolysis) is 1. The third-order valence-electron chi connectivity index (χ3n) is 7.89. The van der Waals surface area contributed by atoms with Crippen molar-refractivity contribution in [1.82, 2.24) is 15.6 Å². The lowest BCUT2D eigenvalue weighted by Gasteiger charge is -2.39. The zero-order valence-electron chi connectivity index (χ0n) is 27.2. The molecule has 0 saturated carbocycles. The van der Waals surface area contributed by atoms with Crippen molar-refractivity contribution in [3.63, 3.8) is 0 Å². The number of rotatable bonds is 16. The summed E-state index contributed by atoms with van der Waals surface area (Å²) in [6, 6.07) is 27.3. The molecule has 2 amide bonds. The highest BCUT2D eigenvalue weighted by atomic mass is 19.3. The van der Waals surface area contributed by atoms with Gasteiger partial charge in [-0.05, 0) is 53.3 Å². The maximum atomic E-state index is 15.9. The van der Waals surface area contributed by atoms with E-state index in [1.54, 1.807) is 105 Å². The number of carbonyl (C=O) groups excluding carboxylic acids is 3. The van der Waals surface area contributed by atoms with E-state index >= 15 is 8.78 Å². The Balaban J connectivity index is 1.57. The van der Waals surface area contributed by atoms with Crippen LogP contribution in [0.2, 0.25) is 0 Å². The molecule has 0 radical (unpaired) electrons. The van der Waals surface area contributed by atoms with Gasteiger partial charge in [0.25, 0.3) is 5.91 Å². The van der Waals surface area contributed by atoms with Crippen LogP contribution in [0.25, 0.3) is 0 Å². The van der Waals surface area contributed by atoms with Crippen molar-refractivity contribution in [1.29, 1.82) is 0 Å². The molecule has 4 rings (SSSR count). The first-order valence-corrected chi connectivity index (χ1v) is 15.7. The van der Waals surface area contributed by atoms with Gasteiger partial charge in [0.1, 0.15) is 19.0 Å². The Labute approximate surface area is 283 Å². The molecule has 0 aliphatic rings. The first-order valence-electron chi connectivity index (χ1n) is 15.7. The van der Waals surface area contributed by atoms with Crippen LogP contribution in [-0.2, 0) is 40.5 Å². The van der Waals surface area contributed by atoms with Gasteiger partial charge in [0.15, 0.2) is 11.5 Å². The summed E-state index contributed by atoms with van der Waals surface area (Å²) in [5, 5.41) is 15.9. The largest absolute Gasteiger partial charge is 0.487 e. The van der Waals surface area contributed by atoms with Gasteiger partial charge in [-0.2, -0.15) is 8.78 Å². The number of benzene rings is 3. The average molecular weight is 675 g/mol. The van der Waals surface area contributed by atoms with Crippen molar-refractivity contribution in [3.8, 4) is 5.75 Å². The number of nitrogens with two attached hydrogens (primary N) is 1. The molecular weight excluding hydrogens is 634 g/mol. The minimum Gasteiger partial charge on any atom is -0.487 e. The van der Waals surface area contributed by atoms with E-state index in [1.165, 1.54) is 12.1 Å². The van der Waals surface area contributed by atoms with Crippen molar-refractivity contribution < 1.29 is 37.7 Å². The van der Waals surface area contributed by atoms with Crippen LogP contribution in [0.3, 0.4) is 0 Å². The van der Waals surface area contributed by atoms with Gasteiger partial charge in [0, 0.05) is 12.7 Å². The normalized spacial score (nSPS) is 13.9. The molecule has 12 heteroatoms. The fraction of sp³-hybridized carbons (Fsp3) is 0.297. The predicted octanol–water partition coefficient (Wildman–Crippen LogP) is 4.94. The zero-order chi connectivity index (χ0) is 35.4. The molecule has 0 aliphatic heterocycles. The van der Waals surface area contributed by atoms with Crippen molar-refractivity contribution >= 4 is 17.8 Å². The molecule has 10 nitrogen and oxygen atoms in total. The molecule has 0 aliphatic carbocycles. The number of aromatic nitrogens is 1. The Morgan fingerprint density at radius 1 is 0.837 bits per heavy atom. The molecule has 1 aromatic heterocycles. The van der Waals surface area contributed by atoms with Gasteiger partial charge < -0.3 is 25.2 Å². The number of ether oxygens (including phenoxy) is 2. The highest BCUT2D eigenvalue weighted by molar-refractivity contribution is 5.93. The second-order valence-corrected chi connectivity index (χ2v) is 11.9. The second kappa shape index (κ2) is 16.8. The lowest BCUT2D eigenvalue weighted by atomic mass is 9.77. The quantitative estimate of drug-likeness (QED) is 0.122. The van der Waals surface area contributed by atoms with Gasteiger partial charge in [-0.25, -0.2) is 4.79 Å². The topological polar surface area (TPSA) is 153 Å². The van der Waals surface area contributed by atoms with Crippen LogP contribution < -0.4 is 21.1 Å². The van der Waals surface area contributed by atoms with Crippen molar-refractivity contribution in [2.24, 2.45) is 17.6 Å². The zero-order valence-corrected chi connectivity index (χ0v) is 27.2. The Morgan fingerprint density at radius 3 is 2.04 bits per heavy atom. The number of nitrogens with one attached hydrogen (secondary N) is 2. The minimum absolute atomic E-state index is 0.107. The maximum Gasteiger partial charge on any atom is 0.408 e. The van der Waals surface area contributed by atoms with Crippen LogP contribution in [0.4, 0.5) is 13.6 Å². The van der Waals surface area contributed by atoms with E-state index in [0.717, 1.165) is 0 Å². The number of halogens is 2. The van der Waals surface area contributed by atoms with Crippen LogP contribution in [0.15, 0.2) is 109 Å². The highest BCUT2D eigenvalue weighted by Crippen LogP contribution is 2.35. The summed E-state index contributed by atoms with van der Waals surface area (Å²) in [6.07, 6.45) is 0.155. The summed E-state index contributed by atoms with van der Waals surface area (Å²) in [5.74, 6) is -9.78. The molecule has 258 valence electrons. The van der Waals surface area contributed by atoms with Crippen LogP contribution in [0, 0.1) is 11.8 Å². The number of nitrogens with zero attached hydrogens (tertiary/aromatic N) is 1. The van der Waals surface area contributed by atoms with Crippen LogP contribution in [-0.4, -0.2) is 45.6 Å². The SMILES string of the molecule is CC(C)[C@H](NC(=O)OCc1ccccc1)C(=O)C(Cc1ccc(OCc2ccccn2)cc1)C(N)(O)C(F)(F)C(=O)NCc1ccccc1. The average Bonchev–Trinajstić information content (AvgIpc) is 3.11. The molecule has 1 heterocycles. The lowest BCUT2D eigenvalue weighted by Crippen LogP contribution is -2.69. The summed E-state index contributed by atoms with van der Waals surface area (Å²) >= 11 is 0. The van der Waals surface area contributed by atoms with Crippen LogP contribution >= 0.6 is 0 Å². The second-order valence-electron chi connectivity index (χ2n) is 11.9. The molecule has 0 bridgehead atoms. The molecule has 5 N–H and O–H groups in total. The van der Waals surface area contributed by atoms with Crippen molar-refractivity contribution in [3.05, 3.63) is 132 Å². The number of amides is 2. The summed E-state index contributed by atoms with van der Waals surface area (Å²) in [6.45, 7) is 2.98. The Kier molecular flexibility index (Phi) is 12.5. The third-order valence-corrected chi connectivity index (χ3v) is 7.89. The summed E-state index contributed by atoms with van der Waals surface area (Å²) in [4.78, 5) is 44.0. The monoisotopic (exact) mass is 674 g/mol. The van der Waals surface area contributed by atoms with Gasteiger partial charge >= 0.3 is 12.0 Å². The summed E-state index contributed by atoms with van der Waals surface area (Å²) in [7, 11) is 0. The van der Waals surface area contributed by atoms with Crippen LogP contribution in [0.5, 0.6) is 5.75 Å². The maximum absolute atomic E-state index is 15.9. The summed E-state index contributed by atoms with van der Waals surface area (Å²) < 4.78 is 42.8. The molecule has 3 atom stereocenters. The number of alkyl halides is 2. The molecule has 0 spiro atoms. The van der Waals surface area contributed by atoms with Gasteiger partial charge in [0.2, 0.25) is 0 Å². The van der Waals surface area contributed by atoms with E-state index in [0.29, 0.717) is 28.1 Å². The third kappa shape index (κ3) is 9.91. The van der Waals surface area contributed by atoms with E-state index < -0.39 is 53.7 Å². The number of Topliss-reactive ketones (excluding diaryl/α,β-unsaturated/α-hetero) is 1. The Hall–Kier alpha value is -5.20. The number of aliphatic hydroxyl groups is 1. The molecule has 0 fully saturated rings. The fourth-order valence-electron chi connectivity index (χ4n) is 5.04. The molecule has 3 aromatic carbocycles. The smallest absolute Gasteiger partial charge is 0.408 e. The first-order chi connectivity index (χ1) is 23.4. The van der Waals surface area contributed by atoms with E-state index in [9.17, 15) is 19.5 Å². The van der Waals surface area contributed by atoms with Gasteiger partial charge in [0.05, 0.1) is 17.7 Å². The number of carbonyl (C=O) groups is 3. The van der Waals surface area contributed by atoms with Crippen molar-refractivity contribution in [2.75, 3.05) is 0 Å². The number of ketones is 1. The minimum atomic E-state index is -4.64. The van der Waals surface area contributed by atoms with E-state index in [2.05, 4.69) is 15.6 Å². The van der Waals surface area contributed by atoms with E-state index in [1.807, 2.05) is 6.07 Å². The van der Waals surface area contributed by atoms with Gasteiger partial charge in [-0.15, -0.1) is 0 Å². The highest BCUT2D eigenvalue weighted by Gasteiger charge is 2.62. The van der Waals surface area contributed by atoms with E-state index in [-0.39, 0.29) is 19.8 Å². The molecular formula is C37H40F2N4O6. The Morgan fingerprint density at radius 2 is 1.45 bits per heavy atom. The van der Waals surface area contributed by atoms with E-state index in [4.69, 9.17) is 15.2 Å². The fourth-order valence-corrected chi connectivity index (χ4v) is 5.04. The number of hydrogen-bond acceptors (Lipinski definition) is 8. The molecule has 0 saturated heterocycles. The first kappa shape index (κ1) is 36.6. The molecule has 4 aromatic rings. The lowest BCUT2D eigenvalue weighted by molar-refractivity contribution is -0.208. The standard InChI is InChI=1S/C37H40F2N4O6/c1-25(2)32(43-35(46)49-23-28-13-7-4-8-14-28)33(44)31(21-26-16-18-30(19-17-26)48-24-29-15-9-10-20-41-29)37(40,47)36(38,39)34(45)42-22-27-11-5-3-6-12-27/h3-20,25,31-32,47H,21-24,40H2,1-2H3,(H,42,45)(H,43,46)/t31?,32-,37?/m0/s1. The summed E-state index contributed by atoms with van der Waals surface area (Å²) in [5.41, 5.74) is 4.51. The molecule has 2 unspecified atom stereocenters. The van der Waals surface area contributed by atoms with Crippen molar-refractivity contribution in [2.45, 2.75) is 57.7 Å².